The molecule has 2 rings (SSSR count). The first-order valence-corrected chi connectivity index (χ1v) is 8.02. The summed E-state index contributed by atoms with van der Waals surface area (Å²) in [7, 11) is 0. The van der Waals surface area contributed by atoms with Gasteiger partial charge in [0.1, 0.15) is 6.04 Å². The van der Waals surface area contributed by atoms with Crippen LogP contribution in [-0.2, 0) is 20.9 Å². The third-order valence-electron chi connectivity index (χ3n) is 3.87. The number of likely N-dealkylation sites (tertiary alicyclic amines) is 1. The van der Waals surface area contributed by atoms with E-state index in [9.17, 15) is 19.5 Å². The molecule has 0 saturated carbocycles. The van der Waals surface area contributed by atoms with Crippen LogP contribution in [0.2, 0.25) is 5.02 Å². The van der Waals surface area contributed by atoms with Crippen molar-refractivity contribution < 1.29 is 19.5 Å². The molecule has 24 heavy (non-hydrogen) atoms. The number of rotatable bonds is 6. The largest absolute Gasteiger partial charge is 0.391 e. The molecule has 1 aliphatic heterocycles. The zero-order chi connectivity index (χ0) is 17.7. The van der Waals surface area contributed by atoms with Crippen LogP contribution in [0.3, 0.4) is 0 Å². The van der Waals surface area contributed by atoms with Gasteiger partial charge in [-0.25, -0.2) is 0 Å². The standard InChI is InChI=1S/C16H20ClN3O4/c17-11-3-1-10(2-4-11)8-19-16(24)13-7-12(21)9-20(13)15(23)6-5-14(18)22/h1-4,12-13,21H,5-9H2,(H2,18,22)(H,19,24). The monoisotopic (exact) mass is 353 g/mol. The van der Waals surface area contributed by atoms with Gasteiger partial charge < -0.3 is 21.1 Å². The van der Waals surface area contributed by atoms with E-state index in [-0.39, 0.29) is 37.6 Å². The Balaban J connectivity index is 1.94. The van der Waals surface area contributed by atoms with E-state index in [1.807, 2.05) is 0 Å². The van der Waals surface area contributed by atoms with Gasteiger partial charge in [-0.15, -0.1) is 0 Å². The Hall–Kier alpha value is -2.12. The van der Waals surface area contributed by atoms with Gasteiger partial charge in [0.15, 0.2) is 0 Å². The third kappa shape index (κ3) is 4.94. The molecule has 8 heteroatoms. The van der Waals surface area contributed by atoms with E-state index in [0.717, 1.165) is 5.56 Å². The van der Waals surface area contributed by atoms with E-state index in [2.05, 4.69) is 5.32 Å². The second-order valence-corrected chi connectivity index (χ2v) is 6.20. The highest BCUT2D eigenvalue weighted by molar-refractivity contribution is 6.30. The molecule has 1 aromatic carbocycles. The van der Waals surface area contributed by atoms with Gasteiger partial charge in [0.2, 0.25) is 17.7 Å². The summed E-state index contributed by atoms with van der Waals surface area (Å²) in [6, 6.07) is 6.29. The van der Waals surface area contributed by atoms with E-state index in [0.29, 0.717) is 11.6 Å². The Labute approximate surface area is 144 Å². The maximum Gasteiger partial charge on any atom is 0.243 e. The number of carbonyl (C=O) groups is 3. The lowest BCUT2D eigenvalue weighted by atomic mass is 10.1. The molecule has 0 aromatic heterocycles. The Morgan fingerprint density at radius 2 is 1.92 bits per heavy atom. The number of benzene rings is 1. The average molecular weight is 354 g/mol. The van der Waals surface area contributed by atoms with Crippen LogP contribution in [0.5, 0.6) is 0 Å². The van der Waals surface area contributed by atoms with E-state index in [1.165, 1.54) is 4.90 Å². The zero-order valence-electron chi connectivity index (χ0n) is 13.1. The minimum atomic E-state index is -0.756. The Morgan fingerprint density at radius 1 is 1.25 bits per heavy atom. The number of halogens is 1. The number of β-amino-alcohol motifs (C(OH)–C–C–N with tert-alkyl or cyclic N) is 1. The number of nitrogens with zero attached hydrogens (tertiary/aromatic N) is 1. The highest BCUT2D eigenvalue weighted by Crippen LogP contribution is 2.20. The predicted octanol–water partition coefficient (Wildman–Crippen LogP) is 0.183. The maximum atomic E-state index is 12.4. The maximum absolute atomic E-state index is 12.4. The van der Waals surface area contributed by atoms with Crippen molar-refractivity contribution in [1.29, 1.82) is 0 Å². The minimum Gasteiger partial charge on any atom is -0.391 e. The molecule has 7 nitrogen and oxygen atoms in total. The highest BCUT2D eigenvalue weighted by Gasteiger charge is 2.38. The van der Waals surface area contributed by atoms with Crippen molar-refractivity contribution >= 4 is 29.3 Å². The number of aliphatic hydroxyl groups excluding tert-OH is 1. The van der Waals surface area contributed by atoms with Gasteiger partial charge >= 0.3 is 0 Å². The average Bonchev–Trinajstić information content (AvgIpc) is 2.94. The van der Waals surface area contributed by atoms with Crippen molar-refractivity contribution in [3.8, 4) is 0 Å². The lowest BCUT2D eigenvalue weighted by Crippen LogP contribution is -2.45. The Morgan fingerprint density at radius 3 is 2.54 bits per heavy atom. The van der Waals surface area contributed by atoms with Crippen molar-refractivity contribution in [2.24, 2.45) is 5.73 Å². The molecule has 1 fully saturated rings. The summed E-state index contributed by atoms with van der Waals surface area (Å²) in [5.41, 5.74) is 5.91. The van der Waals surface area contributed by atoms with E-state index in [4.69, 9.17) is 17.3 Å². The summed E-state index contributed by atoms with van der Waals surface area (Å²) in [5, 5.41) is 13.1. The molecule has 2 atom stereocenters. The van der Waals surface area contributed by atoms with Crippen LogP contribution in [0.15, 0.2) is 24.3 Å². The second-order valence-electron chi connectivity index (χ2n) is 5.76. The Bertz CT molecular complexity index is 620. The van der Waals surface area contributed by atoms with Crippen LogP contribution in [0.25, 0.3) is 0 Å². The van der Waals surface area contributed by atoms with Crippen LogP contribution in [0.4, 0.5) is 0 Å². The Kier molecular flexibility index (Phi) is 6.16. The molecule has 0 spiro atoms. The number of carbonyl (C=O) groups excluding carboxylic acids is 3. The van der Waals surface area contributed by atoms with Crippen molar-refractivity contribution in [3.63, 3.8) is 0 Å². The molecule has 0 aliphatic carbocycles. The van der Waals surface area contributed by atoms with Gasteiger partial charge in [-0.05, 0) is 17.7 Å². The lowest BCUT2D eigenvalue weighted by Gasteiger charge is -2.23. The van der Waals surface area contributed by atoms with Crippen LogP contribution in [0, 0.1) is 0 Å². The van der Waals surface area contributed by atoms with Crippen LogP contribution < -0.4 is 11.1 Å². The molecule has 4 N–H and O–H groups in total. The van der Waals surface area contributed by atoms with Crippen LogP contribution in [0.1, 0.15) is 24.8 Å². The smallest absolute Gasteiger partial charge is 0.243 e. The van der Waals surface area contributed by atoms with Crippen molar-refractivity contribution in [3.05, 3.63) is 34.9 Å². The topological polar surface area (TPSA) is 113 Å². The van der Waals surface area contributed by atoms with Crippen molar-refractivity contribution in [1.82, 2.24) is 10.2 Å². The fraction of sp³-hybridized carbons (Fsp3) is 0.438. The third-order valence-corrected chi connectivity index (χ3v) is 4.12. The quantitative estimate of drug-likeness (QED) is 0.677. The number of aliphatic hydroxyl groups is 1. The number of hydrogen-bond donors (Lipinski definition) is 3. The lowest BCUT2D eigenvalue weighted by molar-refractivity contribution is -0.139. The number of primary amides is 1. The number of amides is 3. The molecule has 1 saturated heterocycles. The molecule has 0 radical (unpaired) electrons. The van der Waals surface area contributed by atoms with E-state index in [1.54, 1.807) is 24.3 Å². The molecule has 3 amide bonds. The zero-order valence-corrected chi connectivity index (χ0v) is 13.8. The first kappa shape index (κ1) is 18.2. The van der Waals surface area contributed by atoms with Crippen molar-refractivity contribution in [2.75, 3.05) is 6.54 Å². The number of nitrogens with two attached hydrogens (primary N) is 1. The van der Waals surface area contributed by atoms with Gasteiger partial charge in [-0.1, -0.05) is 23.7 Å². The summed E-state index contributed by atoms with van der Waals surface area (Å²) in [4.78, 5) is 36.6. The normalized spacial score (nSPS) is 20.0. The molecular formula is C16H20ClN3O4. The fourth-order valence-corrected chi connectivity index (χ4v) is 2.75. The van der Waals surface area contributed by atoms with Gasteiger partial charge in [-0.2, -0.15) is 0 Å². The molecule has 1 aromatic rings. The van der Waals surface area contributed by atoms with Gasteiger partial charge in [0, 0.05) is 37.4 Å². The predicted molar refractivity (Wildman–Crippen MR) is 87.9 cm³/mol. The van der Waals surface area contributed by atoms with Gasteiger partial charge in [0.25, 0.3) is 0 Å². The minimum absolute atomic E-state index is 0.0665. The van der Waals surface area contributed by atoms with Crippen molar-refractivity contribution in [2.45, 2.75) is 38.0 Å². The van der Waals surface area contributed by atoms with Gasteiger partial charge in [0.05, 0.1) is 6.10 Å². The number of hydrogen-bond acceptors (Lipinski definition) is 4. The summed E-state index contributed by atoms with van der Waals surface area (Å²) < 4.78 is 0. The first-order chi connectivity index (χ1) is 11.4. The molecule has 1 aliphatic rings. The van der Waals surface area contributed by atoms with Gasteiger partial charge in [-0.3, -0.25) is 14.4 Å². The second kappa shape index (κ2) is 8.12. The molecule has 130 valence electrons. The van der Waals surface area contributed by atoms with E-state index >= 15 is 0 Å². The van der Waals surface area contributed by atoms with E-state index < -0.39 is 18.1 Å². The summed E-state index contributed by atoms with van der Waals surface area (Å²) in [5.74, 6) is -1.28. The SMILES string of the molecule is NC(=O)CCC(=O)N1CC(O)CC1C(=O)NCc1ccc(Cl)cc1. The summed E-state index contributed by atoms with van der Waals surface area (Å²) >= 11 is 5.81. The van der Waals surface area contributed by atoms with Crippen LogP contribution in [-0.4, -0.2) is 46.4 Å². The highest BCUT2D eigenvalue weighted by atomic mass is 35.5. The van der Waals surface area contributed by atoms with Crippen LogP contribution >= 0.6 is 11.6 Å². The first-order valence-electron chi connectivity index (χ1n) is 7.65. The molecule has 1 heterocycles. The molecule has 2 unspecified atom stereocenters. The number of nitrogens with one attached hydrogen (secondary N) is 1. The molecule has 0 bridgehead atoms. The fourth-order valence-electron chi connectivity index (χ4n) is 2.62. The summed E-state index contributed by atoms with van der Waals surface area (Å²) in [6.07, 6.45) is -0.726. The molecular weight excluding hydrogens is 334 g/mol. The summed E-state index contributed by atoms with van der Waals surface area (Å²) in [6.45, 7) is 0.378.